The van der Waals surface area contributed by atoms with Gasteiger partial charge in [-0.3, -0.25) is 9.78 Å². The third-order valence-corrected chi connectivity index (χ3v) is 4.83. The molecule has 26 heavy (non-hydrogen) atoms. The first-order chi connectivity index (χ1) is 12.6. The zero-order valence-corrected chi connectivity index (χ0v) is 15.6. The fraction of sp³-hybridized carbons (Fsp3) is 0.353. The summed E-state index contributed by atoms with van der Waals surface area (Å²) in [5, 5.41) is 15.1. The van der Waals surface area contributed by atoms with Crippen molar-refractivity contribution in [3.05, 3.63) is 36.8 Å². The molecule has 0 aromatic carbocycles. The van der Waals surface area contributed by atoms with E-state index in [1.54, 1.807) is 37.6 Å². The van der Waals surface area contributed by atoms with Gasteiger partial charge in [0.05, 0.1) is 23.1 Å². The Hall–Kier alpha value is -2.68. The number of thioether (sulfide) groups is 1. The molecule has 136 valence electrons. The van der Waals surface area contributed by atoms with Crippen molar-refractivity contribution in [3.63, 3.8) is 0 Å². The molecule has 3 aromatic heterocycles. The van der Waals surface area contributed by atoms with Crippen molar-refractivity contribution in [1.29, 1.82) is 0 Å². The number of anilines is 1. The number of carbonyl (C=O) groups excluding carboxylic acids is 1. The molecule has 2 atom stereocenters. The van der Waals surface area contributed by atoms with E-state index in [0.29, 0.717) is 16.9 Å². The molecule has 0 saturated heterocycles. The Kier molecular flexibility index (Phi) is 5.67. The van der Waals surface area contributed by atoms with Crippen LogP contribution in [0.3, 0.4) is 0 Å². The van der Waals surface area contributed by atoms with Crippen LogP contribution in [0.4, 0.5) is 5.82 Å². The largest absolute Gasteiger partial charge is 0.411 e. The van der Waals surface area contributed by atoms with Gasteiger partial charge in [-0.1, -0.05) is 18.7 Å². The fourth-order valence-electron chi connectivity index (χ4n) is 2.23. The number of carbonyl (C=O) groups is 1. The lowest BCUT2D eigenvalue weighted by Crippen LogP contribution is -2.24. The summed E-state index contributed by atoms with van der Waals surface area (Å²) >= 11 is 1.21. The van der Waals surface area contributed by atoms with E-state index in [9.17, 15) is 4.79 Å². The summed E-state index contributed by atoms with van der Waals surface area (Å²) < 4.78 is 7.42. The van der Waals surface area contributed by atoms with Gasteiger partial charge >= 0.3 is 0 Å². The van der Waals surface area contributed by atoms with Gasteiger partial charge in [-0.2, -0.15) is 5.10 Å². The van der Waals surface area contributed by atoms with E-state index in [0.717, 1.165) is 12.0 Å². The number of hydrogen-bond acceptors (Lipinski definition) is 7. The van der Waals surface area contributed by atoms with E-state index >= 15 is 0 Å². The Morgan fingerprint density at radius 2 is 2.15 bits per heavy atom. The number of nitrogens with one attached hydrogen (secondary N) is 1. The van der Waals surface area contributed by atoms with Crippen LogP contribution in [0.1, 0.15) is 33.2 Å². The van der Waals surface area contributed by atoms with Crippen LogP contribution in [0.2, 0.25) is 0 Å². The van der Waals surface area contributed by atoms with Crippen LogP contribution in [-0.2, 0) is 4.79 Å². The molecule has 0 aliphatic rings. The molecule has 1 amide bonds. The lowest BCUT2D eigenvalue weighted by Gasteiger charge is -2.15. The highest BCUT2D eigenvalue weighted by Gasteiger charge is 2.20. The zero-order chi connectivity index (χ0) is 18.5. The molecule has 0 bridgehead atoms. The fourth-order valence-corrected chi connectivity index (χ4v) is 2.92. The summed E-state index contributed by atoms with van der Waals surface area (Å²) in [5.41, 5.74) is 0.737. The minimum atomic E-state index is -0.405. The topological polar surface area (TPSA) is 98.7 Å². The number of aromatic nitrogens is 5. The third kappa shape index (κ3) is 4.10. The summed E-state index contributed by atoms with van der Waals surface area (Å²) in [4.78, 5) is 16.5. The molecule has 8 nitrogen and oxygen atoms in total. The average molecular weight is 372 g/mol. The average Bonchev–Trinajstić information content (AvgIpc) is 3.31. The number of pyridine rings is 1. The predicted octanol–water partition coefficient (Wildman–Crippen LogP) is 3.42. The highest BCUT2D eigenvalue weighted by Crippen LogP contribution is 2.26. The van der Waals surface area contributed by atoms with Crippen LogP contribution in [0.5, 0.6) is 0 Å². The van der Waals surface area contributed by atoms with Crippen molar-refractivity contribution in [1.82, 2.24) is 25.0 Å². The summed E-state index contributed by atoms with van der Waals surface area (Å²) in [6.45, 7) is 5.92. The number of nitrogens with zero attached hydrogens (tertiary/aromatic N) is 5. The Bertz CT molecular complexity index is 863. The second kappa shape index (κ2) is 8.13. The molecular weight excluding hydrogens is 352 g/mol. The number of amides is 1. The maximum absolute atomic E-state index is 12.5. The van der Waals surface area contributed by atoms with Crippen LogP contribution in [0.25, 0.3) is 11.5 Å². The normalized spacial score (nSPS) is 13.3. The molecule has 1 N–H and O–H groups in total. The quantitative estimate of drug-likeness (QED) is 0.634. The van der Waals surface area contributed by atoms with Gasteiger partial charge in [0.1, 0.15) is 5.82 Å². The zero-order valence-electron chi connectivity index (χ0n) is 14.8. The Morgan fingerprint density at radius 3 is 2.88 bits per heavy atom. The lowest BCUT2D eigenvalue weighted by atomic mass is 10.3. The Morgan fingerprint density at radius 1 is 1.31 bits per heavy atom. The summed E-state index contributed by atoms with van der Waals surface area (Å²) in [7, 11) is 0. The van der Waals surface area contributed by atoms with Gasteiger partial charge in [0, 0.05) is 18.5 Å². The van der Waals surface area contributed by atoms with Gasteiger partial charge in [0.25, 0.3) is 5.22 Å². The number of hydrogen-bond donors (Lipinski definition) is 1. The van der Waals surface area contributed by atoms with E-state index in [-0.39, 0.29) is 11.9 Å². The molecule has 3 rings (SSSR count). The smallest absolute Gasteiger partial charge is 0.277 e. The SMILES string of the molecule is CC[C@@H](C)n1nccc1NC(=O)[C@@H](C)Sc1nnc(-c2cccnc2)o1. The molecule has 3 heterocycles. The van der Waals surface area contributed by atoms with Gasteiger partial charge in [-0.05, 0) is 32.4 Å². The summed E-state index contributed by atoms with van der Waals surface area (Å²) in [6, 6.07) is 5.62. The van der Waals surface area contributed by atoms with Gasteiger partial charge in [-0.25, -0.2) is 4.68 Å². The van der Waals surface area contributed by atoms with Crippen molar-refractivity contribution >= 4 is 23.5 Å². The molecule has 0 aliphatic heterocycles. The Balaban J connectivity index is 1.63. The third-order valence-electron chi connectivity index (χ3n) is 3.89. The molecule has 3 aromatic rings. The van der Waals surface area contributed by atoms with E-state index in [2.05, 4.69) is 39.4 Å². The minimum Gasteiger partial charge on any atom is -0.411 e. The maximum atomic E-state index is 12.5. The standard InChI is InChI=1S/C17H20N6O2S/c1-4-11(2)23-14(7-9-19-23)20-15(24)12(3)26-17-22-21-16(25-17)13-6-5-8-18-10-13/h5-12H,4H2,1-3H3,(H,20,24)/t11-,12-/m1/s1. The maximum Gasteiger partial charge on any atom is 0.277 e. The molecule has 0 aliphatic carbocycles. The van der Waals surface area contributed by atoms with Crippen molar-refractivity contribution in [2.45, 2.75) is 43.7 Å². The van der Waals surface area contributed by atoms with Gasteiger partial charge in [0.15, 0.2) is 0 Å². The van der Waals surface area contributed by atoms with Gasteiger partial charge in [0.2, 0.25) is 11.8 Å². The van der Waals surface area contributed by atoms with E-state index in [1.165, 1.54) is 11.8 Å². The molecule has 9 heteroatoms. The highest BCUT2D eigenvalue weighted by atomic mass is 32.2. The van der Waals surface area contributed by atoms with Crippen molar-refractivity contribution in [2.75, 3.05) is 5.32 Å². The van der Waals surface area contributed by atoms with E-state index in [4.69, 9.17) is 4.42 Å². The van der Waals surface area contributed by atoms with Gasteiger partial charge in [-0.15, -0.1) is 10.2 Å². The van der Waals surface area contributed by atoms with Gasteiger partial charge < -0.3 is 9.73 Å². The molecule has 0 unspecified atom stereocenters. The van der Waals surface area contributed by atoms with Crippen LogP contribution >= 0.6 is 11.8 Å². The first-order valence-electron chi connectivity index (χ1n) is 8.33. The molecule has 0 fully saturated rings. The summed E-state index contributed by atoms with van der Waals surface area (Å²) in [6.07, 6.45) is 5.92. The molecule has 0 saturated carbocycles. The van der Waals surface area contributed by atoms with Crippen LogP contribution < -0.4 is 5.32 Å². The first kappa shape index (κ1) is 18.1. The van der Waals surface area contributed by atoms with Crippen molar-refractivity contribution < 1.29 is 9.21 Å². The monoisotopic (exact) mass is 372 g/mol. The molecule has 0 spiro atoms. The first-order valence-corrected chi connectivity index (χ1v) is 9.21. The molecule has 0 radical (unpaired) electrons. The minimum absolute atomic E-state index is 0.152. The lowest BCUT2D eigenvalue weighted by molar-refractivity contribution is -0.115. The highest BCUT2D eigenvalue weighted by molar-refractivity contribution is 8.00. The second-order valence-electron chi connectivity index (χ2n) is 5.78. The van der Waals surface area contributed by atoms with E-state index in [1.807, 2.05) is 10.7 Å². The second-order valence-corrected chi connectivity index (χ2v) is 7.07. The van der Waals surface area contributed by atoms with E-state index < -0.39 is 5.25 Å². The predicted molar refractivity (Wildman–Crippen MR) is 98.7 cm³/mol. The summed E-state index contributed by atoms with van der Waals surface area (Å²) in [5.74, 6) is 0.905. The number of rotatable bonds is 7. The van der Waals surface area contributed by atoms with Crippen molar-refractivity contribution in [3.8, 4) is 11.5 Å². The van der Waals surface area contributed by atoms with Crippen LogP contribution in [-0.4, -0.2) is 36.1 Å². The Labute approximate surface area is 155 Å². The van der Waals surface area contributed by atoms with Crippen LogP contribution in [0.15, 0.2) is 46.4 Å². The van der Waals surface area contributed by atoms with Crippen LogP contribution in [0, 0.1) is 0 Å². The molecular formula is C17H20N6O2S. The van der Waals surface area contributed by atoms with Crippen molar-refractivity contribution in [2.24, 2.45) is 0 Å².